The van der Waals surface area contributed by atoms with Crippen molar-refractivity contribution in [1.82, 2.24) is 15.3 Å². The molecule has 0 radical (unpaired) electrons. The molecule has 3 rings (SSSR count). The van der Waals surface area contributed by atoms with E-state index in [1.807, 2.05) is 55.5 Å². The maximum absolute atomic E-state index is 12.4. The lowest BCUT2D eigenvalue weighted by molar-refractivity contribution is -0.137. The highest BCUT2D eigenvalue weighted by atomic mass is 16.4. The number of amides is 1. The Labute approximate surface area is 180 Å². The highest BCUT2D eigenvalue weighted by molar-refractivity contribution is 5.91. The van der Waals surface area contributed by atoms with Crippen LogP contribution in [0.4, 0.5) is 5.82 Å². The van der Waals surface area contributed by atoms with Crippen molar-refractivity contribution in [3.8, 4) is 0 Å². The topological polar surface area (TPSA) is 117 Å². The first-order chi connectivity index (χ1) is 15.1. The molecule has 0 spiro atoms. The number of carboxylic acids is 1. The summed E-state index contributed by atoms with van der Waals surface area (Å²) in [5.41, 5.74) is 1.08. The van der Waals surface area contributed by atoms with E-state index >= 15 is 0 Å². The number of pyridine rings is 1. The molecule has 8 heteroatoms. The summed E-state index contributed by atoms with van der Waals surface area (Å²) in [6, 6.07) is 15.0. The number of benzene rings is 1. The van der Waals surface area contributed by atoms with Gasteiger partial charge in [0.2, 0.25) is 0 Å². The number of hydrogen-bond acceptors (Lipinski definition) is 6. The van der Waals surface area contributed by atoms with E-state index in [1.54, 1.807) is 6.20 Å². The smallest absolute Gasteiger partial charge is 0.303 e. The van der Waals surface area contributed by atoms with Gasteiger partial charge < -0.3 is 20.2 Å². The lowest BCUT2D eigenvalue weighted by Gasteiger charge is -2.23. The van der Waals surface area contributed by atoms with Gasteiger partial charge in [0, 0.05) is 31.1 Å². The fourth-order valence-corrected chi connectivity index (χ4v) is 3.50. The minimum atomic E-state index is -0.891. The zero-order chi connectivity index (χ0) is 22.1. The Balaban J connectivity index is 1.63. The Morgan fingerprint density at radius 3 is 2.52 bits per heavy atom. The first kappa shape index (κ1) is 22.0. The van der Waals surface area contributed by atoms with Crippen molar-refractivity contribution >= 4 is 17.7 Å². The van der Waals surface area contributed by atoms with Gasteiger partial charge >= 0.3 is 5.97 Å². The number of oxazole rings is 1. The number of rotatable bonds is 11. The SMILES string of the molecule is CCC(c1nc(C(=O)NCCNc2ccccn2)co1)C(CC(=O)O)c1ccccc1. The van der Waals surface area contributed by atoms with Gasteiger partial charge in [0.25, 0.3) is 5.91 Å². The number of nitrogens with zero attached hydrogens (tertiary/aromatic N) is 2. The molecule has 162 valence electrons. The highest BCUT2D eigenvalue weighted by Gasteiger charge is 2.30. The molecule has 3 N–H and O–H groups in total. The minimum absolute atomic E-state index is 0.0500. The molecule has 3 aromatic rings. The van der Waals surface area contributed by atoms with Crippen LogP contribution in [-0.2, 0) is 4.79 Å². The third-order valence-electron chi connectivity index (χ3n) is 5.00. The van der Waals surface area contributed by atoms with Crippen LogP contribution in [0.1, 0.15) is 53.5 Å². The molecule has 2 unspecified atom stereocenters. The second kappa shape index (κ2) is 10.9. The second-order valence-electron chi connectivity index (χ2n) is 7.10. The fourth-order valence-electron chi connectivity index (χ4n) is 3.50. The standard InChI is InChI=1S/C23H26N4O4/c1-2-17(18(14-21(28)29)16-8-4-3-5-9-16)23-27-19(15-31-23)22(30)26-13-12-25-20-10-6-7-11-24-20/h3-11,15,17-18H,2,12-14H2,1H3,(H,24,25)(H,26,30)(H,28,29). The zero-order valence-corrected chi connectivity index (χ0v) is 17.3. The van der Waals surface area contributed by atoms with Gasteiger partial charge in [-0.05, 0) is 24.1 Å². The van der Waals surface area contributed by atoms with Crippen molar-refractivity contribution in [2.24, 2.45) is 0 Å². The van der Waals surface area contributed by atoms with Crippen LogP contribution >= 0.6 is 0 Å². The number of aromatic nitrogens is 2. The van der Waals surface area contributed by atoms with Crippen LogP contribution in [0.25, 0.3) is 0 Å². The number of anilines is 1. The largest absolute Gasteiger partial charge is 0.481 e. The summed E-state index contributed by atoms with van der Waals surface area (Å²) in [6.45, 7) is 2.86. The summed E-state index contributed by atoms with van der Waals surface area (Å²) in [6.07, 6.45) is 3.59. The maximum Gasteiger partial charge on any atom is 0.303 e. The molecule has 0 aliphatic rings. The van der Waals surface area contributed by atoms with E-state index < -0.39 is 5.97 Å². The number of aliphatic carboxylic acids is 1. The molecule has 0 fully saturated rings. The van der Waals surface area contributed by atoms with Gasteiger partial charge in [-0.3, -0.25) is 9.59 Å². The van der Waals surface area contributed by atoms with Crippen molar-refractivity contribution in [2.75, 3.05) is 18.4 Å². The lowest BCUT2D eigenvalue weighted by atomic mass is 9.82. The van der Waals surface area contributed by atoms with Crippen LogP contribution in [0.5, 0.6) is 0 Å². The molecule has 2 aromatic heterocycles. The summed E-state index contributed by atoms with van der Waals surface area (Å²) in [5.74, 6) is -0.697. The Kier molecular flexibility index (Phi) is 7.75. The van der Waals surface area contributed by atoms with E-state index in [2.05, 4.69) is 20.6 Å². The molecular weight excluding hydrogens is 396 g/mol. The van der Waals surface area contributed by atoms with E-state index in [0.717, 1.165) is 11.4 Å². The van der Waals surface area contributed by atoms with Crippen molar-refractivity contribution in [3.63, 3.8) is 0 Å². The average Bonchev–Trinajstić information content (AvgIpc) is 3.27. The molecular formula is C23H26N4O4. The number of nitrogens with one attached hydrogen (secondary N) is 2. The van der Waals surface area contributed by atoms with Crippen molar-refractivity contribution < 1.29 is 19.1 Å². The van der Waals surface area contributed by atoms with Gasteiger partial charge in [-0.25, -0.2) is 9.97 Å². The second-order valence-corrected chi connectivity index (χ2v) is 7.10. The first-order valence-electron chi connectivity index (χ1n) is 10.2. The predicted molar refractivity (Wildman–Crippen MR) is 116 cm³/mol. The van der Waals surface area contributed by atoms with Crippen LogP contribution in [-0.4, -0.2) is 40.0 Å². The molecule has 1 amide bonds. The minimum Gasteiger partial charge on any atom is -0.481 e. The zero-order valence-electron chi connectivity index (χ0n) is 17.3. The summed E-state index contributed by atoms with van der Waals surface area (Å²) in [4.78, 5) is 32.4. The fraction of sp³-hybridized carbons (Fsp3) is 0.304. The molecule has 31 heavy (non-hydrogen) atoms. The quantitative estimate of drug-likeness (QED) is 0.404. The molecule has 0 aliphatic carbocycles. The van der Waals surface area contributed by atoms with Crippen molar-refractivity contribution in [1.29, 1.82) is 0 Å². The molecule has 2 atom stereocenters. The third kappa shape index (κ3) is 6.15. The van der Waals surface area contributed by atoms with Crippen LogP contribution in [0.15, 0.2) is 65.4 Å². The Hall–Kier alpha value is -3.68. The molecule has 2 heterocycles. The Morgan fingerprint density at radius 2 is 1.84 bits per heavy atom. The molecule has 8 nitrogen and oxygen atoms in total. The average molecular weight is 422 g/mol. The van der Waals surface area contributed by atoms with Gasteiger partial charge in [-0.2, -0.15) is 0 Å². The summed E-state index contributed by atoms with van der Waals surface area (Å²) in [7, 11) is 0. The lowest BCUT2D eigenvalue weighted by Crippen LogP contribution is -2.29. The molecule has 0 saturated heterocycles. The van der Waals surface area contributed by atoms with E-state index in [0.29, 0.717) is 25.4 Å². The molecule has 0 aliphatic heterocycles. The molecule has 0 saturated carbocycles. The van der Waals surface area contributed by atoms with Gasteiger partial charge in [-0.1, -0.05) is 43.3 Å². The van der Waals surface area contributed by atoms with Crippen LogP contribution in [0, 0.1) is 0 Å². The number of carbonyl (C=O) groups excluding carboxylic acids is 1. The maximum atomic E-state index is 12.4. The number of carboxylic acid groups (broad SMARTS) is 1. The Bertz CT molecular complexity index is 976. The van der Waals surface area contributed by atoms with Crippen LogP contribution in [0.3, 0.4) is 0 Å². The summed E-state index contributed by atoms with van der Waals surface area (Å²) < 4.78 is 5.61. The normalized spacial score (nSPS) is 12.7. The van der Waals surface area contributed by atoms with E-state index in [9.17, 15) is 14.7 Å². The van der Waals surface area contributed by atoms with E-state index in [1.165, 1.54) is 6.26 Å². The third-order valence-corrected chi connectivity index (χ3v) is 5.00. The number of carbonyl (C=O) groups is 2. The highest BCUT2D eigenvalue weighted by Crippen LogP contribution is 2.37. The van der Waals surface area contributed by atoms with Crippen LogP contribution < -0.4 is 10.6 Å². The first-order valence-corrected chi connectivity index (χ1v) is 10.2. The van der Waals surface area contributed by atoms with Gasteiger partial charge in [0.15, 0.2) is 11.6 Å². The summed E-state index contributed by atoms with van der Waals surface area (Å²) in [5, 5.41) is 15.3. The van der Waals surface area contributed by atoms with E-state index in [4.69, 9.17) is 4.42 Å². The number of hydrogen-bond donors (Lipinski definition) is 3. The van der Waals surface area contributed by atoms with Gasteiger partial charge in [0.1, 0.15) is 12.1 Å². The predicted octanol–water partition coefficient (Wildman–Crippen LogP) is 3.66. The monoisotopic (exact) mass is 422 g/mol. The summed E-state index contributed by atoms with van der Waals surface area (Å²) >= 11 is 0. The molecule has 1 aromatic carbocycles. The Morgan fingerprint density at radius 1 is 1.06 bits per heavy atom. The van der Waals surface area contributed by atoms with Gasteiger partial charge in [0.05, 0.1) is 6.42 Å². The van der Waals surface area contributed by atoms with Crippen molar-refractivity contribution in [3.05, 3.63) is 78.1 Å². The van der Waals surface area contributed by atoms with Gasteiger partial charge in [-0.15, -0.1) is 0 Å². The van der Waals surface area contributed by atoms with Crippen LogP contribution in [0.2, 0.25) is 0 Å². The van der Waals surface area contributed by atoms with Crippen molar-refractivity contribution in [2.45, 2.75) is 31.6 Å². The van der Waals surface area contributed by atoms with E-state index in [-0.39, 0.29) is 29.9 Å². The molecule has 0 bridgehead atoms.